The lowest BCUT2D eigenvalue weighted by Gasteiger charge is -2.10. The summed E-state index contributed by atoms with van der Waals surface area (Å²) in [6.45, 7) is 0.572. The number of rotatable bonds is 5. The molecule has 0 aromatic heterocycles. The van der Waals surface area contributed by atoms with Crippen LogP contribution in [0.15, 0.2) is 0 Å². The molecule has 4 heteroatoms. The summed E-state index contributed by atoms with van der Waals surface area (Å²) in [4.78, 5) is 10.1. The fraction of sp³-hybridized carbons (Fsp3) is 0.833. The molecule has 0 saturated heterocycles. The van der Waals surface area contributed by atoms with Crippen molar-refractivity contribution in [2.24, 2.45) is 0 Å². The van der Waals surface area contributed by atoms with Gasteiger partial charge >= 0.3 is 5.97 Å². The van der Waals surface area contributed by atoms with Crippen LogP contribution in [-0.2, 0) is 9.53 Å². The van der Waals surface area contributed by atoms with Gasteiger partial charge in [0, 0.05) is 13.7 Å². The molecule has 0 aliphatic heterocycles. The lowest BCUT2D eigenvalue weighted by molar-refractivity contribution is -0.139. The zero-order chi connectivity index (χ0) is 7.98. The van der Waals surface area contributed by atoms with Crippen molar-refractivity contribution in [3.05, 3.63) is 0 Å². The van der Waals surface area contributed by atoms with E-state index in [0.29, 0.717) is 6.54 Å². The van der Waals surface area contributed by atoms with E-state index >= 15 is 0 Å². The van der Waals surface area contributed by atoms with Gasteiger partial charge in [-0.15, -0.1) is 0 Å². The topological polar surface area (TPSA) is 58.6 Å². The Morgan fingerprint density at radius 2 is 2.40 bits per heavy atom. The van der Waals surface area contributed by atoms with E-state index in [4.69, 9.17) is 9.84 Å². The number of ether oxygens (including phenoxy) is 1. The third-order valence-electron chi connectivity index (χ3n) is 1.17. The fourth-order valence-electron chi connectivity index (χ4n) is 0.661. The zero-order valence-corrected chi connectivity index (χ0v) is 6.26. The minimum absolute atomic E-state index is 0.0529. The van der Waals surface area contributed by atoms with Crippen molar-refractivity contribution in [3.63, 3.8) is 0 Å². The van der Waals surface area contributed by atoms with Crippen molar-refractivity contribution in [3.8, 4) is 0 Å². The summed E-state index contributed by atoms with van der Waals surface area (Å²) in [5, 5.41) is 11.2. The molecule has 0 heterocycles. The summed E-state index contributed by atoms with van der Waals surface area (Å²) < 4.78 is 4.86. The van der Waals surface area contributed by atoms with Crippen LogP contribution in [0.5, 0.6) is 0 Å². The molecular formula is C6H13NO3. The van der Waals surface area contributed by atoms with Crippen LogP contribution < -0.4 is 5.32 Å². The quantitative estimate of drug-likeness (QED) is 0.560. The molecule has 0 aromatic rings. The molecule has 0 aliphatic carbocycles. The highest BCUT2D eigenvalue weighted by molar-refractivity contribution is 5.67. The number of likely N-dealkylation sites (N-methyl/N-ethyl adjacent to an activating group) is 1. The highest BCUT2D eigenvalue weighted by Gasteiger charge is 2.09. The SMILES string of the molecule is CNCC(CC(=O)O)OC. The molecule has 60 valence electrons. The lowest BCUT2D eigenvalue weighted by Crippen LogP contribution is -2.27. The molecule has 0 spiro atoms. The summed E-state index contributed by atoms with van der Waals surface area (Å²) in [6, 6.07) is 0. The first-order valence-electron chi connectivity index (χ1n) is 3.10. The van der Waals surface area contributed by atoms with Crippen LogP contribution in [-0.4, -0.2) is 37.9 Å². The molecule has 0 radical (unpaired) electrons. The van der Waals surface area contributed by atoms with Gasteiger partial charge in [0.2, 0.25) is 0 Å². The Hall–Kier alpha value is -0.610. The zero-order valence-electron chi connectivity index (χ0n) is 6.26. The van der Waals surface area contributed by atoms with Gasteiger partial charge in [-0.1, -0.05) is 0 Å². The van der Waals surface area contributed by atoms with E-state index in [0.717, 1.165) is 0 Å². The Balaban J connectivity index is 3.49. The molecule has 0 aromatic carbocycles. The number of carbonyl (C=O) groups is 1. The first-order chi connectivity index (χ1) is 4.70. The maximum atomic E-state index is 10.1. The van der Waals surface area contributed by atoms with E-state index < -0.39 is 5.97 Å². The first kappa shape index (κ1) is 9.39. The molecule has 0 saturated carbocycles. The average Bonchev–Trinajstić information content (AvgIpc) is 1.86. The van der Waals surface area contributed by atoms with Crippen molar-refractivity contribution in [1.29, 1.82) is 0 Å². The standard InChI is InChI=1S/C6H13NO3/c1-7-4-5(10-2)3-6(8)9/h5,7H,3-4H2,1-2H3,(H,8,9). The highest BCUT2D eigenvalue weighted by atomic mass is 16.5. The Morgan fingerprint density at radius 3 is 2.70 bits per heavy atom. The normalized spacial score (nSPS) is 13.0. The molecule has 2 N–H and O–H groups in total. The minimum Gasteiger partial charge on any atom is -0.481 e. The van der Waals surface area contributed by atoms with Crippen molar-refractivity contribution >= 4 is 5.97 Å². The number of carboxylic acid groups (broad SMARTS) is 1. The maximum Gasteiger partial charge on any atom is 0.306 e. The van der Waals surface area contributed by atoms with E-state index in [9.17, 15) is 4.79 Å². The van der Waals surface area contributed by atoms with Crippen molar-refractivity contribution in [2.45, 2.75) is 12.5 Å². The van der Waals surface area contributed by atoms with E-state index in [1.54, 1.807) is 7.05 Å². The second-order valence-electron chi connectivity index (χ2n) is 2.01. The van der Waals surface area contributed by atoms with Crippen molar-refractivity contribution < 1.29 is 14.6 Å². The van der Waals surface area contributed by atoms with Crippen LogP contribution in [0.25, 0.3) is 0 Å². The summed E-state index contributed by atoms with van der Waals surface area (Å²) in [7, 11) is 3.26. The molecule has 0 fully saturated rings. The van der Waals surface area contributed by atoms with Gasteiger partial charge < -0.3 is 15.2 Å². The molecule has 4 nitrogen and oxygen atoms in total. The van der Waals surface area contributed by atoms with Crippen LogP contribution in [0, 0.1) is 0 Å². The predicted molar refractivity (Wildman–Crippen MR) is 37.0 cm³/mol. The number of hydrogen-bond donors (Lipinski definition) is 2. The van der Waals surface area contributed by atoms with Gasteiger partial charge in [-0.25, -0.2) is 0 Å². The monoisotopic (exact) mass is 147 g/mol. The number of methoxy groups -OCH3 is 1. The Morgan fingerprint density at radius 1 is 1.80 bits per heavy atom. The van der Waals surface area contributed by atoms with Crippen LogP contribution in [0.3, 0.4) is 0 Å². The summed E-state index contributed by atoms with van der Waals surface area (Å²) in [5.74, 6) is -0.831. The molecule has 0 bridgehead atoms. The van der Waals surface area contributed by atoms with Crippen molar-refractivity contribution in [1.82, 2.24) is 5.32 Å². The number of aliphatic carboxylic acids is 1. The fourth-order valence-corrected chi connectivity index (χ4v) is 0.661. The van der Waals surface area contributed by atoms with Gasteiger partial charge in [-0.2, -0.15) is 0 Å². The number of hydrogen-bond acceptors (Lipinski definition) is 3. The van der Waals surface area contributed by atoms with Crippen LogP contribution in [0.1, 0.15) is 6.42 Å². The summed E-state index contributed by atoms with van der Waals surface area (Å²) >= 11 is 0. The second kappa shape index (κ2) is 5.20. The van der Waals surface area contributed by atoms with E-state index in [1.807, 2.05) is 0 Å². The van der Waals surface area contributed by atoms with Gasteiger partial charge in [0.1, 0.15) is 0 Å². The minimum atomic E-state index is -0.831. The van der Waals surface area contributed by atoms with Crippen LogP contribution in [0.2, 0.25) is 0 Å². The second-order valence-corrected chi connectivity index (χ2v) is 2.01. The number of nitrogens with one attached hydrogen (secondary N) is 1. The third kappa shape index (κ3) is 4.29. The predicted octanol–water partition coefficient (Wildman–Crippen LogP) is -0.305. The van der Waals surface area contributed by atoms with Gasteiger partial charge in [-0.3, -0.25) is 4.79 Å². The van der Waals surface area contributed by atoms with E-state index in [-0.39, 0.29) is 12.5 Å². The molecule has 0 aliphatic rings. The van der Waals surface area contributed by atoms with Gasteiger partial charge in [-0.05, 0) is 7.05 Å². The molecule has 0 amide bonds. The van der Waals surface area contributed by atoms with Crippen molar-refractivity contribution in [2.75, 3.05) is 20.7 Å². The summed E-state index contributed by atoms with van der Waals surface area (Å²) in [6.07, 6.45) is -0.167. The van der Waals surface area contributed by atoms with E-state index in [1.165, 1.54) is 7.11 Å². The maximum absolute atomic E-state index is 10.1. The molecule has 0 rings (SSSR count). The smallest absolute Gasteiger partial charge is 0.306 e. The molecule has 1 atom stereocenters. The largest absolute Gasteiger partial charge is 0.481 e. The van der Waals surface area contributed by atoms with Crippen LogP contribution >= 0.6 is 0 Å². The van der Waals surface area contributed by atoms with E-state index in [2.05, 4.69) is 5.32 Å². The Bertz CT molecular complexity index is 105. The summed E-state index contributed by atoms with van der Waals surface area (Å²) in [5.41, 5.74) is 0. The lowest BCUT2D eigenvalue weighted by atomic mass is 10.2. The Labute approximate surface area is 60.2 Å². The first-order valence-corrected chi connectivity index (χ1v) is 3.10. The van der Waals surface area contributed by atoms with Gasteiger partial charge in [0.05, 0.1) is 12.5 Å². The third-order valence-corrected chi connectivity index (χ3v) is 1.17. The Kier molecular flexibility index (Phi) is 4.88. The molecule has 1 unspecified atom stereocenters. The van der Waals surface area contributed by atoms with Crippen LogP contribution in [0.4, 0.5) is 0 Å². The van der Waals surface area contributed by atoms with Gasteiger partial charge in [0.25, 0.3) is 0 Å². The van der Waals surface area contributed by atoms with Gasteiger partial charge in [0.15, 0.2) is 0 Å². The molecule has 10 heavy (non-hydrogen) atoms. The number of carboxylic acids is 1. The average molecular weight is 147 g/mol. The highest BCUT2D eigenvalue weighted by Crippen LogP contribution is 1.94. The molecular weight excluding hydrogens is 134 g/mol.